The lowest BCUT2D eigenvalue weighted by atomic mass is 10.0. The van der Waals surface area contributed by atoms with Gasteiger partial charge in [0, 0.05) is 19.0 Å². The summed E-state index contributed by atoms with van der Waals surface area (Å²) >= 11 is 0. The van der Waals surface area contributed by atoms with Gasteiger partial charge in [-0.05, 0) is 54.3 Å². The van der Waals surface area contributed by atoms with Gasteiger partial charge in [0.1, 0.15) is 5.75 Å². The molecule has 1 unspecified atom stereocenters. The van der Waals surface area contributed by atoms with E-state index in [1.165, 1.54) is 18.2 Å². The molecule has 1 amide bonds. The number of hydrogen-bond donors (Lipinski definition) is 0. The minimum atomic E-state index is -2.86. The number of carbonyl (C=O) groups excluding carboxylic acids is 1. The standard InChI is InChI=1S/C23H23F2NO4/c24-23(25)30-18-8-4-16(5-9-18)6-11-22(27)26-12-1-3-19(26)17-7-10-20-21(15-17)29-14-2-13-28-20/h4-11,15,19,23H,1-3,12-14H2/b11-6+. The van der Waals surface area contributed by atoms with Gasteiger partial charge in [-0.1, -0.05) is 18.2 Å². The van der Waals surface area contributed by atoms with Crippen LogP contribution in [0, 0.1) is 0 Å². The predicted molar refractivity (Wildman–Crippen MR) is 108 cm³/mol. The van der Waals surface area contributed by atoms with Crippen molar-refractivity contribution in [1.82, 2.24) is 4.90 Å². The fourth-order valence-corrected chi connectivity index (χ4v) is 3.79. The Labute approximate surface area is 173 Å². The zero-order valence-electron chi connectivity index (χ0n) is 16.4. The van der Waals surface area contributed by atoms with E-state index in [4.69, 9.17) is 9.47 Å². The molecule has 1 atom stereocenters. The average Bonchev–Trinajstić information content (AvgIpc) is 3.11. The van der Waals surface area contributed by atoms with E-state index in [0.29, 0.717) is 19.8 Å². The van der Waals surface area contributed by atoms with Gasteiger partial charge in [-0.2, -0.15) is 8.78 Å². The van der Waals surface area contributed by atoms with E-state index in [1.54, 1.807) is 18.2 Å². The maximum absolute atomic E-state index is 12.8. The van der Waals surface area contributed by atoms with Crippen LogP contribution in [0.5, 0.6) is 17.2 Å². The van der Waals surface area contributed by atoms with Crippen LogP contribution in [0.25, 0.3) is 6.08 Å². The van der Waals surface area contributed by atoms with Gasteiger partial charge in [0.25, 0.3) is 0 Å². The van der Waals surface area contributed by atoms with Crippen LogP contribution < -0.4 is 14.2 Å². The first-order valence-corrected chi connectivity index (χ1v) is 10.0. The molecule has 0 radical (unpaired) electrons. The molecular formula is C23H23F2NO4. The Morgan fingerprint density at radius 3 is 2.60 bits per heavy atom. The molecule has 2 aliphatic rings. The largest absolute Gasteiger partial charge is 0.490 e. The third-order valence-corrected chi connectivity index (χ3v) is 5.22. The highest BCUT2D eigenvalue weighted by molar-refractivity contribution is 5.92. The maximum atomic E-state index is 12.8. The normalized spacial score (nSPS) is 18.6. The lowest BCUT2D eigenvalue weighted by Gasteiger charge is -2.24. The lowest BCUT2D eigenvalue weighted by Crippen LogP contribution is -2.28. The molecule has 0 spiro atoms. The number of ether oxygens (including phenoxy) is 3. The average molecular weight is 415 g/mol. The summed E-state index contributed by atoms with van der Waals surface area (Å²) in [4.78, 5) is 14.7. The molecule has 0 aliphatic carbocycles. The topological polar surface area (TPSA) is 48.0 Å². The molecule has 0 bridgehead atoms. The van der Waals surface area contributed by atoms with Crippen LogP contribution in [0.3, 0.4) is 0 Å². The number of halogens is 2. The van der Waals surface area contributed by atoms with E-state index in [1.807, 2.05) is 23.1 Å². The highest BCUT2D eigenvalue weighted by atomic mass is 19.3. The van der Waals surface area contributed by atoms with Crippen LogP contribution in [0.15, 0.2) is 48.5 Å². The molecule has 0 N–H and O–H groups in total. The quantitative estimate of drug-likeness (QED) is 0.657. The molecule has 5 nitrogen and oxygen atoms in total. The van der Waals surface area contributed by atoms with Gasteiger partial charge in [0.05, 0.1) is 19.3 Å². The molecular weight excluding hydrogens is 392 g/mol. The van der Waals surface area contributed by atoms with Crippen molar-refractivity contribution < 1.29 is 27.8 Å². The second-order valence-electron chi connectivity index (χ2n) is 7.23. The summed E-state index contributed by atoms with van der Waals surface area (Å²) in [7, 11) is 0. The molecule has 2 aliphatic heterocycles. The maximum Gasteiger partial charge on any atom is 0.387 e. The van der Waals surface area contributed by atoms with Crippen molar-refractivity contribution in [1.29, 1.82) is 0 Å². The fourth-order valence-electron chi connectivity index (χ4n) is 3.79. The number of alkyl halides is 2. The Balaban J connectivity index is 1.45. The summed E-state index contributed by atoms with van der Waals surface area (Å²) in [5.41, 5.74) is 1.77. The monoisotopic (exact) mass is 415 g/mol. The van der Waals surface area contributed by atoms with Crippen molar-refractivity contribution in [2.24, 2.45) is 0 Å². The van der Waals surface area contributed by atoms with Crippen LogP contribution in [0.4, 0.5) is 8.78 Å². The molecule has 1 saturated heterocycles. The molecule has 1 fully saturated rings. The second-order valence-corrected chi connectivity index (χ2v) is 7.23. The molecule has 7 heteroatoms. The van der Waals surface area contributed by atoms with Gasteiger partial charge in [-0.15, -0.1) is 0 Å². The molecule has 0 aromatic heterocycles. The summed E-state index contributed by atoms with van der Waals surface area (Å²) in [6.07, 6.45) is 5.86. The first-order valence-electron chi connectivity index (χ1n) is 10.0. The van der Waals surface area contributed by atoms with Crippen molar-refractivity contribution in [3.63, 3.8) is 0 Å². The van der Waals surface area contributed by atoms with Gasteiger partial charge in [0.2, 0.25) is 5.91 Å². The van der Waals surface area contributed by atoms with Crippen LogP contribution in [0.2, 0.25) is 0 Å². The zero-order chi connectivity index (χ0) is 20.9. The van der Waals surface area contributed by atoms with Gasteiger partial charge >= 0.3 is 6.61 Å². The minimum Gasteiger partial charge on any atom is -0.490 e. The Bertz CT molecular complexity index is 914. The number of amides is 1. The molecule has 2 aromatic carbocycles. The van der Waals surface area contributed by atoms with Crippen molar-refractivity contribution in [2.45, 2.75) is 31.9 Å². The second kappa shape index (κ2) is 9.15. The summed E-state index contributed by atoms with van der Waals surface area (Å²) in [5, 5.41) is 0. The molecule has 0 saturated carbocycles. The summed E-state index contributed by atoms with van der Waals surface area (Å²) in [6.45, 7) is -0.914. The molecule has 2 heterocycles. The number of likely N-dealkylation sites (tertiary alicyclic amines) is 1. The Hall–Kier alpha value is -3.09. The lowest BCUT2D eigenvalue weighted by molar-refractivity contribution is -0.126. The summed E-state index contributed by atoms with van der Waals surface area (Å²) in [5.74, 6) is 1.47. The van der Waals surface area contributed by atoms with Gasteiger partial charge in [-0.25, -0.2) is 0 Å². The molecule has 4 rings (SSSR count). The van der Waals surface area contributed by atoms with Gasteiger partial charge in [-0.3, -0.25) is 4.79 Å². The fraction of sp³-hybridized carbons (Fsp3) is 0.348. The SMILES string of the molecule is O=C(/C=C/c1ccc(OC(F)F)cc1)N1CCCC1c1ccc2c(c1)OCCCO2. The summed E-state index contributed by atoms with van der Waals surface area (Å²) in [6, 6.07) is 12.0. The Kier molecular flexibility index (Phi) is 6.16. The number of rotatable bonds is 5. The van der Waals surface area contributed by atoms with E-state index in [-0.39, 0.29) is 17.7 Å². The molecule has 30 heavy (non-hydrogen) atoms. The van der Waals surface area contributed by atoms with E-state index in [0.717, 1.165) is 41.9 Å². The van der Waals surface area contributed by atoms with E-state index in [9.17, 15) is 13.6 Å². The first-order chi connectivity index (χ1) is 14.6. The van der Waals surface area contributed by atoms with Crippen LogP contribution in [0.1, 0.15) is 36.4 Å². The predicted octanol–water partition coefficient (Wildman–Crippen LogP) is 4.83. The minimum absolute atomic E-state index is 0.0129. The zero-order valence-corrected chi connectivity index (χ0v) is 16.4. The third kappa shape index (κ3) is 4.72. The van der Waals surface area contributed by atoms with E-state index in [2.05, 4.69) is 4.74 Å². The smallest absolute Gasteiger partial charge is 0.387 e. The van der Waals surface area contributed by atoms with E-state index >= 15 is 0 Å². The Morgan fingerprint density at radius 1 is 1.07 bits per heavy atom. The highest BCUT2D eigenvalue weighted by Gasteiger charge is 2.29. The number of nitrogens with zero attached hydrogens (tertiary/aromatic N) is 1. The number of fused-ring (bicyclic) bond motifs is 1. The summed E-state index contributed by atoms with van der Waals surface area (Å²) < 4.78 is 40.3. The van der Waals surface area contributed by atoms with Crippen LogP contribution in [-0.4, -0.2) is 37.2 Å². The Morgan fingerprint density at radius 2 is 1.83 bits per heavy atom. The van der Waals surface area contributed by atoms with E-state index < -0.39 is 6.61 Å². The van der Waals surface area contributed by atoms with Crippen molar-refractivity contribution in [3.05, 3.63) is 59.7 Å². The van der Waals surface area contributed by atoms with Crippen molar-refractivity contribution >= 4 is 12.0 Å². The highest BCUT2D eigenvalue weighted by Crippen LogP contribution is 2.38. The third-order valence-electron chi connectivity index (χ3n) is 5.22. The van der Waals surface area contributed by atoms with Crippen LogP contribution >= 0.6 is 0 Å². The number of benzene rings is 2. The number of carbonyl (C=O) groups is 1. The van der Waals surface area contributed by atoms with Crippen molar-refractivity contribution in [3.8, 4) is 17.2 Å². The van der Waals surface area contributed by atoms with Crippen molar-refractivity contribution in [2.75, 3.05) is 19.8 Å². The first kappa shape index (κ1) is 20.2. The van der Waals surface area contributed by atoms with Gasteiger partial charge in [0.15, 0.2) is 11.5 Å². The molecule has 158 valence electrons. The van der Waals surface area contributed by atoms with Gasteiger partial charge < -0.3 is 19.1 Å². The van der Waals surface area contributed by atoms with Crippen LogP contribution in [-0.2, 0) is 4.79 Å². The number of hydrogen-bond acceptors (Lipinski definition) is 4. The molecule has 2 aromatic rings.